The van der Waals surface area contributed by atoms with Crippen molar-refractivity contribution in [1.82, 2.24) is 24.6 Å². The van der Waals surface area contributed by atoms with E-state index in [9.17, 15) is 4.79 Å². The number of pyridine rings is 1. The first kappa shape index (κ1) is 19.0. The van der Waals surface area contributed by atoms with E-state index in [1.807, 2.05) is 36.4 Å². The minimum atomic E-state index is -0.190. The summed E-state index contributed by atoms with van der Waals surface area (Å²) in [5, 5.41) is 4.41. The Morgan fingerprint density at radius 1 is 1.21 bits per heavy atom. The number of rotatable bonds is 5. The van der Waals surface area contributed by atoms with Crippen molar-refractivity contribution in [2.24, 2.45) is 0 Å². The highest BCUT2D eigenvalue weighted by molar-refractivity contribution is 5.92. The maximum Gasteiger partial charge on any atom is 0.275 e. The van der Waals surface area contributed by atoms with Gasteiger partial charge in [-0.25, -0.2) is 0 Å². The number of nitrogens with zero attached hydrogens (tertiary/aromatic N) is 5. The van der Waals surface area contributed by atoms with Gasteiger partial charge < -0.3 is 14.4 Å². The zero-order valence-corrected chi connectivity index (χ0v) is 16.2. The van der Waals surface area contributed by atoms with Crippen LogP contribution in [0.5, 0.6) is 0 Å². The highest BCUT2D eigenvalue weighted by Gasteiger charge is 2.38. The SMILES string of the molecule is CCn1ccc(C(=O)N2CCO[C@@H](CN3CCOCC3)[C@@H]2c2cccnc2)n1. The van der Waals surface area contributed by atoms with Gasteiger partial charge in [-0.05, 0) is 24.6 Å². The third-order valence-corrected chi connectivity index (χ3v) is 5.36. The van der Waals surface area contributed by atoms with E-state index in [4.69, 9.17) is 9.47 Å². The van der Waals surface area contributed by atoms with Crippen LogP contribution in [0.2, 0.25) is 0 Å². The van der Waals surface area contributed by atoms with Gasteiger partial charge in [0.05, 0.1) is 32.0 Å². The molecular weight excluding hydrogens is 358 g/mol. The van der Waals surface area contributed by atoms with Crippen molar-refractivity contribution in [2.45, 2.75) is 25.6 Å². The standard InChI is InChI=1S/C20H27N5O3/c1-2-24-7-5-17(22-24)20(26)25-10-13-28-18(15-23-8-11-27-12-9-23)19(25)16-4-3-6-21-14-16/h3-7,14,18-19H,2,8-13,15H2,1H3/t18-,19-/m0/s1. The Hall–Kier alpha value is -2.29. The minimum Gasteiger partial charge on any atom is -0.379 e. The number of hydrogen-bond acceptors (Lipinski definition) is 6. The van der Waals surface area contributed by atoms with Crippen molar-refractivity contribution in [2.75, 3.05) is 46.0 Å². The fraction of sp³-hybridized carbons (Fsp3) is 0.550. The van der Waals surface area contributed by atoms with E-state index >= 15 is 0 Å². The van der Waals surface area contributed by atoms with Gasteiger partial charge in [-0.2, -0.15) is 5.10 Å². The zero-order valence-electron chi connectivity index (χ0n) is 16.2. The van der Waals surface area contributed by atoms with Crippen molar-refractivity contribution in [3.05, 3.63) is 48.0 Å². The molecular formula is C20H27N5O3. The fourth-order valence-electron chi connectivity index (χ4n) is 3.90. The average molecular weight is 385 g/mol. The van der Waals surface area contributed by atoms with Gasteiger partial charge >= 0.3 is 0 Å². The summed E-state index contributed by atoms with van der Waals surface area (Å²) < 4.78 is 13.4. The Bertz CT molecular complexity index is 775. The van der Waals surface area contributed by atoms with Gasteiger partial charge in [0.2, 0.25) is 0 Å². The predicted octanol–water partition coefficient (Wildman–Crippen LogP) is 1.21. The minimum absolute atomic E-state index is 0.0590. The molecule has 0 radical (unpaired) electrons. The second-order valence-electron chi connectivity index (χ2n) is 7.11. The van der Waals surface area contributed by atoms with E-state index in [0.29, 0.717) is 18.8 Å². The normalized spacial score (nSPS) is 23.7. The third-order valence-electron chi connectivity index (χ3n) is 5.36. The molecule has 8 nitrogen and oxygen atoms in total. The molecule has 2 aliphatic heterocycles. The molecule has 0 saturated carbocycles. The van der Waals surface area contributed by atoms with Crippen molar-refractivity contribution < 1.29 is 14.3 Å². The van der Waals surface area contributed by atoms with Gasteiger partial charge in [-0.3, -0.25) is 19.4 Å². The molecule has 2 aromatic rings. The third kappa shape index (κ3) is 4.09. The van der Waals surface area contributed by atoms with Crippen LogP contribution < -0.4 is 0 Å². The Labute approximate surface area is 165 Å². The number of carbonyl (C=O) groups excluding carboxylic acids is 1. The van der Waals surface area contributed by atoms with Crippen LogP contribution >= 0.6 is 0 Å². The summed E-state index contributed by atoms with van der Waals surface area (Å²) in [5.41, 5.74) is 1.46. The quantitative estimate of drug-likeness (QED) is 0.770. The highest BCUT2D eigenvalue weighted by atomic mass is 16.5. The first-order valence-corrected chi connectivity index (χ1v) is 9.92. The lowest BCUT2D eigenvalue weighted by molar-refractivity contribution is -0.0820. The number of ether oxygens (including phenoxy) is 2. The molecule has 150 valence electrons. The van der Waals surface area contributed by atoms with Gasteiger partial charge in [-0.1, -0.05) is 6.07 Å². The first-order valence-electron chi connectivity index (χ1n) is 9.92. The molecule has 28 heavy (non-hydrogen) atoms. The topological polar surface area (TPSA) is 72.7 Å². The van der Waals surface area contributed by atoms with Crippen LogP contribution in [0.4, 0.5) is 0 Å². The molecule has 0 aliphatic carbocycles. The Morgan fingerprint density at radius 3 is 2.79 bits per heavy atom. The smallest absolute Gasteiger partial charge is 0.275 e. The molecule has 0 aromatic carbocycles. The lowest BCUT2D eigenvalue weighted by Crippen LogP contribution is -2.53. The number of carbonyl (C=O) groups is 1. The number of aromatic nitrogens is 3. The summed E-state index contributed by atoms with van der Waals surface area (Å²) in [7, 11) is 0. The van der Waals surface area contributed by atoms with Gasteiger partial charge in [0.25, 0.3) is 5.91 Å². The van der Waals surface area contributed by atoms with Crippen LogP contribution in [0.15, 0.2) is 36.8 Å². The van der Waals surface area contributed by atoms with Crippen LogP contribution in [0.3, 0.4) is 0 Å². The molecule has 0 unspecified atom stereocenters. The molecule has 2 aromatic heterocycles. The fourth-order valence-corrected chi connectivity index (χ4v) is 3.90. The highest BCUT2D eigenvalue weighted by Crippen LogP contribution is 2.31. The van der Waals surface area contributed by atoms with E-state index < -0.39 is 0 Å². The molecule has 0 spiro atoms. The Balaban J connectivity index is 1.60. The van der Waals surface area contributed by atoms with E-state index in [2.05, 4.69) is 15.0 Å². The average Bonchev–Trinajstić information content (AvgIpc) is 3.24. The van der Waals surface area contributed by atoms with Gasteiger partial charge in [0, 0.05) is 51.3 Å². The second-order valence-corrected chi connectivity index (χ2v) is 7.11. The number of morpholine rings is 2. The maximum atomic E-state index is 13.3. The van der Waals surface area contributed by atoms with E-state index in [-0.39, 0.29) is 18.1 Å². The summed E-state index contributed by atoms with van der Waals surface area (Å²) in [5.74, 6) is -0.0590. The van der Waals surface area contributed by atoms with Crippen LogP contribution in [-0.2, 0) is 16.0 Å². The number of amides is 1. The molecule has 2 saturated heterocycles. The van der Waals surface area contributed by atoms with E-state index in [1.165, 1.54) is 0 Å². The predicted molar refractivity (Wildman–Crippen MR) is 103 cm³/mol. The largest absolute Gasteiger partial charge is 0.379 e. The molecule has 0 N–H and O–H groups in total. The Kier molecular flexibility index (Phi) is 5.99. The molecule has 0 bridgehead atoms. The first-order chi connectivity index (χ1) is 13.8. The Morgan fingerprint density at radius 2 is 2.07 bits per heavy atom. The molecule has 4 heterocycles. The van der Waals surface area contributed by atoms with Crippen molar-refractivity contribution in [1.29, 1.82) is 0 Å². The van der Waals surface area contributed by atoms with Gasteiger partial charge in [0.1, 0.15) is 5.69 Å². The van der Waals surface area contributed by atoms with Crippen LogP contribution in [-0.4, -0.2) is 82.6 Å². The number of aryl methyl sites for hydroxylation is 1. The molecule has 4 rings (SSSR count). The van der Waals surface area contributed by atoms with E-state index in [1.54, 1.807) is 16.9 Å². The van der Waals surface area contributed by atoms with Crippen molar-refractivity contribution in [3.63, 3.8) is 0 Å². The summed E-state index contributed by atoms with van der Waals surface area (Å²) in [6.45, 7) is 7.81. The number of hydrogen-bond donors (Lipinski definition) is 0. The van der Waals surface area contributed by atoms with Crippen LogP contribution in [0, 0.1) is 0 Å². The maximum absolute atomic E-state index is 13.3. The molecule has 2 aliphatic rings. The molecule has 2 fully saturated rings. The van der Waals surface area contributed by atoms with Crippen LogP contribution in [0.1, 0.15) is 29.0 Å². The summed E-state index contributed by atoms with van der Waals surface area (Å²) in [6, 6.07) is 5.52. The van der Waals surface area contributed by atoms with E-state index in [0.717, 1.165) is 45.0 Å². The van der Waals surface area contributed by atoms with Crippen LogP contribution in [0.25, 0.3) is 0 Å². The summed E-state index contributed by atoms with van der Waals surface area (Å²) >= 11 is 0. The summed E-state index contributed by atoms with van der Waals surface area (Å²) in [6.07, 6.45) is 5.31. The lowest BCUT2D eigenvalue weighted by atomic mass is 9.98. The molecule has 8 heteroatoms. The van der Waals surface area contributed by atoms with Gasteiger partial charge in [-0.15, -0.1) is 0 Å². The molecule has 1 amide bonds. The monoisotopic (exact) mass is 385 g/mol. The van der Waals surface area contributed by atoms with Crippen molar-refractivity contribution in [3.8, 4) is 0 Å². The lowest BCUT2D eigenvalue weighted by Gasteiger charge is -2.43. The van der Waals surface area contributed by atoms with Crippen molar-refractivity contribution >= 4 is 5.91 Å². The summed E-state index contributed by atoms with van der Waals surface area (Å²) in [4.78, 5) is 21.8. The zero-order chi connectivity index (χ0) is 19.3. The molecule has 2 atom stereocenters. The second kappa shape index (κ2) is 8.81. The van der Waals surface area contributed by atoms with Gasteiger partial charge in [0.15, 0.2) is 0 Å².